The third-order valence-electron chi connectivity index (χ3n) is 3.84. The summed E-state index contributed by atoms with van der Waals surface area (Å²) in [5.41, 5.74) is 0. The average Bonchev–Trinajstić information content (AvgIpc) is 2.70. The van der Waals surface area contributed by atoms with Crippen molar-refractivity contribution < 1.29 is 4.79 Å². The summed E-state index contributed by atoms with van der Waals surface area (Å²) in [7, 11) is 0. The Labute approximate surface area is 91.1 Å². The van der Waals surface area contributed by atoms with E-state index >= 15 is 0 Å². The van der Waals surface area contributed by atoms with Crippen LogP contribution in [0.1, 0.15) is 32.6 Å². The highest BCUT2D eigenvalue weighted by Gasteiger charge is 2.34. The minimum atomic E-state index is 0.189. The first-order valence-electron chi connectivity index (χ1n) is 5.86. The van der Waals surface area contributed by atoms with Crippen LogP contribution >= 0.6 is 0 Å². The van der Waals surface area contributed by atoms with E-state index in [0.29, 0.717) is 24.2 Å². The minimum absolute atomic E-state index is 0.189. The highest BCUT2D eigenvalue weighted by atomic mass is 16.1. The summed E-state index contributed by atoms with van der Waals surface area (Å²) in [4.78, 5) is 13.8. The lowest BCUT2D eigenvalue weighted by Gasteiger charge is -2.35. The Morgan fingerprint density at radius 2 is 2.27 bits per heavy atom. The lowest BCUT2D eigenvalue weighted by Crippen LogP contribution is -2.42. The second-order valence-corrected chi connectivity index (χ2v) is 4.94. The Morgan fingerprint density at radius 3 is 2.93 bits per heavy atom. The van der Waals surface area contributed by atoms with Crippen molar-refractivity contribution in [2.45, 2.75) is 38.6 Å². The van der Waals surface area contributed by atoms with Gasteiger partial charge in [0, 0.05) is 25.4 Å². The Balaban J connectivity index is 1.98. The van der Waals surface area contributed by atoms with Gasteiger partial charge in [0.25, 0.3) is 0 Å². The maximum atomic E-state index is 11.4. The van der Waals surface area contributed by atoms with Crippen molar-refractivity contribution in [2.24, 2.45) is 11.8 Å². The molecule has 0 N–H and O–H groups in total. The van der Waals surface area contributed by atoms with Gasteiger partial charge in [0.05, 0.1) is 12.0 Å². The average molecular weight is 206 g/mol. The number of likely N-dealkylation sites (tertiary alicyclic amines) is 1. The van der Waals surface area contributed by atoms with E-state index in [4.69, 9.17) is 5.26 Å². The number of hydrogen-bond donors (Lipinski definition) is 0. The lowest BCUT2D eigenvalue weighted by molar-refractivity contribution is -0.123. The van der Waals surface area contributed by atoms with Gasteiger partial charge in [0.15, 0.2) is 0 Å². The molecule has 1 saturated heterocycles. The fourth-order valence-corrected chi connectivity index (χ4v) is 2.80. The molecule has 3 unspecified atom stereocenters. The van der Waals surface area contributed by atoms with Crippen LogP contribution in [-0.4, -0.2) is 29.8 Å². The van der Waals surface area contributed by atoms with Crippen LogP contribution in [0.5, 0.6) is 0 Å². The third kappa shape index (κ3) is 2.21. The topological polar surface area (TPSA) is 44.1 Å². The zero-order valence-electron chi connectivity index (χ0n) is 9.28. The maximum absolute atomic E-state index is 11.4. The van der Waals surface area contributed by atoms with Crippen LogP contribution in [0.4, 0.5) is 0 Å². The number of carbonyl (C=O) groups excluding carboxylic acids is 1. The van der Waals surface area contributed by atoms with E-state index in [1.165, 1.54) is 0 Å². The number of carbonyl (C=O) groups is 1. The number of hydrogen-bond acceptors (Lipinski definition) is 3. The van der Waals surface area contributed by atoms with Gasteiger partial charge in [-0.2, -0.15) is 5.26 Å². The molecule has 0 aromatic heterocycles. The molecule has 2 rings (SSSR count). The second-order valence-electron chi connectivity index (χ2n) is 4.94. The van der Waals surface area contributed by atoms with Crippen LogP contribution < -0.4 is 0 Å². The molecule has 0 amide bonds. The monoisotopic (exact) mass is 206 g/mol. The zero-order chi connectivity index (χ0) is 10.8. The molecule has 1 heterocycles. The van der Waals surface area contributed by atoms with Crippen molar-refractivity contribution in [3.63, 3.8) is 0 Å². The van der Waals surface area contributed by atoms with Gasteiger partial charge < -0.3 is 0 Å². The molecule has 82 valence electrons. The predicted octanol–water partition coefficient (Wildman–Crippen LogP) is 1.59. The molecular weight excluding hydrogens is 188 g/mol. The lowest BCUT2D eigenvalue weighted by atomic mass is 9.84. The van der Waals surface area contributed by atoms with E-state index < -0.39 is 0 Å². The SMILES string of the molecule is CC1CCC(=O)CC1N1CCC(C#N)C1. The Bertz CT molecular complexity index is 294. The van der Waals surface area contributed by atoms with Gasteiger partial charge in [-0.25, -0.2) is 0 Å². The second kappa shape index (κ2) is 4.32. The molecule has 3 heteroatoms. The molecule has 1 aliphatic carbocycles. The summed E-state index contributed by atoms with van der Waals surface area (Å²) in [6, 6.07) is 2.74. The van der Waals surface area contributed by atoms with Crippen LogP contribution in [0, 0.1) is 23.2 Å². The first-order valence-corrected chi connectivity index (χ1v) is 5.86. The van der Waals surface area contributed by atoms with Gasteiger partial charge in [-0.15, -0.1) is 0 Å². The van der Waals surface area contributed by atoms with Crippen LogP contribution in [-0.2, 0) is 4.79 Å². The van der Waals surface area contributed by atoms with E-state index in [0.717, 1.165) is 32.4 Å². The molecule has 2 fully saturated rings. The molecule has 15 heavy (non-hydrogen) atoms. The number of nitriles is 1. The molecule has 0 spiro atoms. The van der Waals surface area contributed by atoms with Crippen molar-refractivity contribution in [3.8, 4) is 6.07 Å². The fourth-order valence-electron chi connectivity index (χ4n) is 2.80. The smallest absolute Gasteiger partial charge is 0.134 e. The summed E-state index contributed by atoms with van der Waals surface area (Å²) in [5, 5.41) is 8.86. The molecule has 1 aliphatic heterocycles. The van der Waals surface area contributed by atoms with Gasteiger partial charge in [-0.1, -0.05) is 6.92 Å². The first-order chi connectivity index (χ1) is 7.20. The van der Waals surface area contributed by atoms with Crippen LogP contribution in [0.3, 0.4) is 0 Å². The maximum Gasteiger partial charge on any atom is 0.134 e. The number of Topliss-reactive ketones (excluding diaryl/α,β-unsaturated/α-hetero) is 1. The summed E-state index contributed by atoms with van der Waals surface area (Å²) in [6.45, 7) is 4.11. The summed E-state index contributed by atoms with van der Waals surface area (Å²) in [5.74, 6) is 1.20. The van der Waals surface area contributed by atoms with Crippen molar-refractivity contribution in [2.75, 3.05) is 13.1 Å². The molecule has 0 aromatic carbocycles. The van der Waals surface area contributed by atoms with Crippen molar-refractivity contribution in [1.29, 1.82) is 5.26 Å². The molecule has 0 bridgehead atoms. The van der Waals surface area contributed by atoms with E-state index in [1.807, 2.05) is 0 Å². The molecular formula is C12H18N2O. The minimum Gasteiger partial charge on any atom is -0.300 e. The molecule has 3 nitrogen and oxygen atoms in total. The summed E-state index contributed by atoms with van der Waals surface area (Å²) >= 11 is 0. The van der Waals surface area contributed by atoms with Crippen LogP contribution in [0.15, 0.2) is 0 Å². The number of ketones is 1. The van der Waals surface area contributed by atoms with E-state index in [1.54, 1.807) is 0 Å². The first kappa shape index (κ1) is 10.6. The molecule has 2 aliphatic rings. The summed E-state index contributed by atoms with van der Waals surface area (Å²) < 4.78 is 0. The van der Waals surface area contributed by atoms with Crippen LogP contribution in [0.25, 0.3) is 0 Å². The standard InChI is InChI=1S/C12H18N2O/c1-9-2-3-11(15)6-12(9)14-5-4-10(7-13)8-14/h9-10,12H,2-6,8H2,1H3. The zero-order valence-corrected chi connectivity index (χ0v) is 9.28. The largest absolute Gasteiger partial charge is 0.300 e. The quantitative estimate of drug-likeness (QED) is 0.654. The van der Waals surface area contributed by atoms with Crippen molar-refractivity contribution in [1.82, 2.24) is 4.90 Å². The number of rotatable bonds is 1. The highest BCUT2D eigenvalue weighted by molar-refractivity contribution is 5.79. The normalized spacial score (nSPS) is 37.9. The van der Waals surface area contributed by atoms with Crippen LogP contribution in [0.2, 0.25) is 0 Å². The molecule has 0 aromatic rings. The predicted molar refractivity (Wildman–Crippen MR) is 57.1 cm³/mol. The van der Waals surface area contributed by atoms with Crippen molar-refractivity contribution >= 4 is 5.78 Å². The van der Waals surface area contributed by atoms with Gasteiger partial charge in [-0.05, 0) is 25.3 Å². The molecule has 3 atom stereocenters. The molecule has 1 saturated carbocycles. The molecule has 0 radical (unpaired) electrons. The van der Waals surface area contributed by atoms with Gasteiger partial charge in [0.1, 0.15) is 5.78 Å². The van der Waals surface area contributed by atoms with Gasteiger partial charge in [0.2, 0.25) is 0 Å². The van der Waals surface area contributed by atoms with E-state index in [2.05, 4.69) is 17.9 Å². The van der Waals surface area contributed by atoms with Crippen molar-refractivity contribution in [3.05, 3.63) is 0 Å². The number of nitrogens with zero attached hydrogens (tertiary/aromatic N) is 2. The van der Waals surface area contributed by atoms with Gasteiger partial charge in [-0.3, -0.25) is 9.69 Å². The Hall–Kier alpha value is -0.880. The summed E-state index contributed by atoms with van der Waals surface area (Å²) in [6.07, 6.45) is 3.47. The Morgan fingerprint density at radius 1 is 1.47 bits per heavy atom. The van der Waals surface area contributed by atoms with Gasteiger partial charge >= 0.3 is 0 Å². The third-order valence-corrected chi connectivity index (χ3v) is 3.84. The highest BCUT2D eigenvalue weighted by Crippen LogP contribution is 2.29. The van der Waals surface area contributed by atoms with E-state index in [9.17, 15) is 4.79 Å². The fraction of sp³-hybridized carbons (Fsp3) is 0.833. The van der Waals surface area contributed by atoms with E-state index in [-0.39, 0.29) is 5.92 Å². The Kier molecular flexibility index (Phi) is 3.06.